The fraction of sp³-hybridized carbons (Fsp3) is 0.650. The largest absolute Gasteiger partial charge is 0.491 e. The van der Waals surface area contributed by atoms with Crippen LogP contribution < -0.4 is 4.74 Å². The molecule has 1 aromatic rings. The normalized spacial score (nSPS) is 26.9. The maximum Gasteiger partial charge on any atom is 0.227 e. The molecule has 2 fully saturated rings. The van der Waals surface area contributed by atoms with E-state index in [0.29, 0.717) is 26.1 Å². The van der Waals surface area contributed by atoms with Crippen LogP contribution in [0.2, 0.25) is 0 Å². The molecule has 0 radical (unpaired) electrons. The lowest BCUT2D eigenvalue weighted by molar-refractivity contribution is -0.135. The molecule has 0 spiro atoms. The maximum atomic E-state index is 12.8. The molecule has 1 N–H and O–H groups in total. The summed E-state index contributed by atoms with van der Waals surface area (Å²) in [7, 11) is 0. The zero-order chi connectivity index (χ0) is 17.8. The molecule has 5 nitrogen and oxygen atoms in total. The molecule has 138 valence electrons. The number of aliphatic hydroxyl groups excluding tert-OH is 1. The van der Waals surface area contributed by atoms with E-state index in [4.69, 9.17) is 9.47 Å². The van der Waals surface area contributed by atoms with Crippen LogP contribution in [0.1, 0.15) is 38.7 Å². The molecule has 5 heteroatoms. The third-order valence-electron chi connectivity index (χ3n) is 5.13. The first kappa shape index (κ1) is 18.2. The van der Waals surface area contributed by atoms with Crippen molar-refractivity contribution in [3.05, 3.63) is 29.8 Å². The number of benzene rings is 1. The number of ether oxygens (including phenoxy) is 2. The van der Waals surface area contributed by atoms with Gasteiger partial charge in [-0.15, -0.1) is 0 Å². The van der Waals surface area contributed by atoms with E-state index < -0.39 is 0 Å². The number of hydrogen-bond acceptors (Lipinski definition) is 4. The second-order valence-electron chi connectivity index (χ2n) is 7.38. The first-order chi connectivity index (χ1) is 12.0. The van der Waals surface area contributed by atoms with Crippen LogP contribution in [0, 0.1) is 5.92 Å². The Balaban J connectivity index is 1.61. The summed E-state index contributed by atoms with van der Waals surface area (Å²) in [6, 6.07) is 7.86. The monoisotopic (exact) mass is 347 g/mol. The van der Waals surface area contributed by atoms with Gasteiger partial charge in [-0.05, 0) is 50.8 Å². The molecule has 1 aromatic carbocycles. The van der Waals surface area contributed by atoms with E-state index in [1.807, 2.05) is 43.0 Å². The van der Waals surface area contributed by atoms with Crippen LogP contribution in [0.4, 0.5) is 0 Å². The average Bonchev–Trinajstić information content (AvgIpc) is 3.06. The van der Waals surface area contributed by atoms with Gasteiger partial charge < -0.3 is 19.5 Å². The van der Waals surface area contributed by atoms with E-state index in [1.54, 1.807) is 0 Å². The molecule has 3 unspecified atom stereocenters. The summed E-state index contributed by atoms with van der Waals surface area (Å²) >= 11 is 0. The van der Waals surface area contributed by atoms with Gasteiger partial charge in [0.2, 0.25) is 5.91 Å². The van der Waals surface area contributed by atoms with Crippen LogP contribution in [0.5, 0.6) is 5.75 Å². The number of rotatable bonds is 5. The Hall–Kier alpha value is -1.59. The molecule has 2 aliphatic rings. The van der Waals surface area contributed by atoms with Gasteiger partial charge in [0.05, 0.1) is 25.2 Å². The number of aliphatic hydroxyl groups is 1. The van der Waals surface area contributed by atoms with Crippen LogP contribution in [0.15, 0.2) is 24.3 Å². The number of carbonyl (C=O) groups excluding carboxylic acids is 1. The molecule has 3 rings (SSSR count). The molecule has 2 saturated heterocycles. The van der Waals surface area contributed by atoms with E-state index in [-0.39, 0.29) is 30.1 Å². The molecule has 2 aliphatic heterocycles. The fourth-order valence-corrected chi connectivity index (χ4v) is 3.90. The van der Waals surface area contributed by atoms with Gasteiger partial charge in [-0.3, -0.25) is 4.79 Å². The third-order valence-corrected chi connectivity index (χ3v) is 5.13. The van der Waals surface area contributed by atoms with E-state index in [1.165, 1.54) is 0 Å². The molecule has 0 saturated carbocycles. The van der Waals surface area contributed by atoms with Crippen LogP contribution >= 0.6 is 0 Å². The standard InChI is InChI=1S/C20H29NO4/c1-14(2)25-16-7-5-15(6-8-16)12-20(23)21-10-3-4-18(21)17-13-24-11-9-19(17)22/h5-8,14,17-19,22H,3-4,9-13H2,1-2H3. The van der Waals surface area contributed by atoms with Crippen molar-refractivity contribution in [2.75, 3.05) is 19.8 Å². The summed E-state index contributed by atoms with van der Waals surface area (Å²) in [6.45, 7) is 5.93. The molecule has 0 bridgehead atoms. The summed E-state index contributed by atoms with van der Waals surface area (Å²) < 4.78 is 11.2. The van der Waals surface area contributed by atoms with E-state index in [9.17, 15) is 9.90 Å². The number of carbonyl (C=O) groups is 1. The van der Waals surface area contributed by atoms with E-state index in [2.05, 4.69) is 0 Å². The molecule has 25 heavy (non-hydrogen) atoms. The highest BCUT2D eigenvalue weighted by atomic mass is 16.5. The van der Waals surface area contributed by atoms with Crippen LogP contribution in [-0.4, -0.2) is 53.9 Å². The van der Waals surface area contributed by atoms with Crippen molar-refractivity contribution >= 4 is 5.91 Å². The quantitative estimate of drug-likeness (QED) is 0.889. The smallest absolute Gasteiger partial charge is 0.227 e. The van der Waals surface area contributed by atoms with Gasteiger partial charge >= 0.3 is 0 Å². The fourth-order valence-electron chi connectivity index (χ4n) is 3.90. The lowest BCUT2D eigenvalue weighted by atomic mass is 9.89. The Morgan fingerprint density at radius 1 is 1.32 bits per heavy atom. The molecule has 3 atom stereocenters. The first-order valence-corrected chi connectivity index (χ1v) is 9.35. The number of amides is 1. The second-order valence-corrected chi connectivity index (χ2v) is 7.38. The summed E-state index contributed by atoms with van der Waals surface area (Å²) in [4.78, 5) is 14.8. The minimum atomic E-state index is -0.361. The van der Waals surface area contributed by atoms with E-state index in [0.717, 1.165) is 30.7 Å². The predicted octanol–water partition coefficient (Wildman–Crippen LogP) is 2.40. The Morgan fingerprint density at radius 2 is 2.08 bits per heavy atom. The Bertz CT molecular complexity index is 572. The van der Waals surface area contributed by atoms with Gasteiger partial charge in [0.15, 0.2) is 0 Å². The number of nitrogens with zero attached hydrogens (tertiary/aromatic N) is 1. The summed E-state index contributed by atoms with van der Waals surface area (Å²) in [5.41, 5.74) is 0.993. The van der Waals surface area contributed by atoms with Crippen LogP contribution in [-0.2, 0) is 16.0 Å². The van der Waals surface area contributed by atoms with Gasteiger partial charge in [-0.2, -0.15) is 0 Å². The van der Waals surface area contributed by atoms with Gasteiger partial charge in [0.25, 0.3) is 0 Å². The highest BCUT2D eigenvalue weighted by Crippen LogP contribution is 2.30. The van der Waals surface area contributed by atoms with Crippen LogP contribution in [0.3, 0.4) is 0 Å². The minimum Gasteiger partial charge on any atom is -0.491 e. The Labute approximate surface area is 149 Å². The molecule has 1 amide bonds. The maximum absolute atomic E-state index is 12.8. The number of likely N-dealkylation sites (tertiary alicyclic amines) is 1. The van der Waals surface area contributed by atoms with Crippen molar-refractivity contribution in [3.63, 3.8) is 0 Å². The Kier molecular flexibility index (Phi) is 5.97. The first-order valence-electron chi connectivity index (χ1n) is 9.35. The van der Waals surface area contributed by atoms with Gasteiger partial charge in [0, 0.05) is 25.1 Å². The van der Waals surface area contributed by atoms with Crippen molar-refractivity contribution in [2.45, 2.75) is 57.8 Å². The van der Waals surface area contributed by atoms with Gasteiger partial charge in [-0.25, -0.2) is 0 Å². The molecular formula is C20H29NO4. The number of hydrogen-bond donors (Lipinski definition) is 1. The summed E-state index contributed by atoms with van der Waals surface area (Å²) in [5, 5.41) is 10.3. The highest BCUT2D eigenvalue weighted by Gasteiger charge is 2.39. The molecule has 2 heterocycles. The van der Waals surface area contributed by atoms with Crippen molar-refractivity contribution in [3.8, 4) is 5.75 Å². The Morgan fingerprint density at radius 3 is 2.76 bits per heavy atom. The minimum absolute atomic E-state index is 0.0435. The highest BCUT2D eigenvalue weighted by molar-refractivity contribution is 5.79. The summed E-state index contributed by atoms with van der Waals surface area (Å²) in [5.74, 6) is 1.01. The lowest BCUT2D eigenvalue weighted by Gasteiger charge is -2.37. The summed E-state index contributed by atoms with van der Waals surface area (Å²) in [6.07, 6.45) is 2.79. The van der Waals surface area contributed by atoms with E-state index >= 15 is 0 Å². The zero-order valence-electron chi connectivity index (χ0n) is 15.2. The average molecular weight is 347 g/mol. The molecule has 0 aromatic heterocycles. The van der Waals surface area contributed by atoms with Crippen molar-refractivity contribution in [1.82, 2.24) is 4.90 Å². The van der Waals surface area contributed by atoms with Gasteiger partial charge in [0.1, 0.15) is 5.75 Å². The SMILES string of the molecule is CC(C)Oc1ccc(CC(=O)N2CCCC2C2COCCC2O)cc1. The van der Waals surface area contributed by atoms with Crippen molar-refractivity contribution < 1.29 is 19.4 Å². The molecular weight excluding hydrogens is 318 g/mol. The van der Waals surface area contributed by atoms with Crippen LogP contribution in [0.25, 0.3) is 0 Å². The third kappa shape index (κ3) is 4.53. The molecule has 0 aliphatic carbocycles. The van der Waals surface area contributed by atoms with Gasteiger partial charge in [-0.1, -0.05) is 12.1 Å². The topological polar surface area (TPSA) is 59.0 Å². The predicted molar refractivity (Wildman–Crippen MR) is 95.6 cm³/mol. The second kappa shape index (κ2) is 8.19. The lowest BCUT2D eigenvalue weighted by Crippen LogP contribution is -2.48. The van der Waals surface area contributed by atoms with Crippen molar-refractivity contribution in [2.24, 2.45) is 5.92 Å². The zero-order valence-corrected chi connectivity index (χ0v) is 15.2. The van der Waals surface area contributed by atoms with Crippen molar-refractivity contribution in [1.29, 1.82) is 0 Å².